The lowest BCUT2D eigenvalue weighted by Crippen LogP contribution is -1.99. The van der Waals surface area contributed by atoms with Gasteiger partial charge in [-0.25, -0.2) is 0 Å². The van der Waals surface area contributed by atoms with Crippen molar-refractivity contribution < 1.29 is 10.3 Å². The van der Waals surface area contributed by atoms with Gasteiger partial charge in [-0.15, -0.1) is 0 Å². The minimum Gasteiger partial charge on any atom is -0.412 e. The lowest BCUT2D eigenvalue weighted by molar-refractivity contribution is -0.118. The molecule has 0 saturated heterocycles. The van der Waals surface area contributed by atoms with E-state index in [1.54, 1.807) is 0 Å². The van der Waals surface area contributed by atoms with Crippen LogP contribution in [0.2, 0.25) is 0 Å². The second kappa shape index (κ2) is 5.49. The Hall–Kier alpha value is -1.15. The van der Waals surface area contributed by atoms with Crippen molar-refractivity contribution in [2.75, 3.05) is 0 Å². The van der Waals surface area contributed by atoms with Crippen LogP contribution in [0.15, 0.2) is 30.3 Å². The van der Waals surface area contributed by atoms with Crippen LogP contribution in [0.5, 0.6) is 0 Å². The van der Waals surface area contributed by atoms with Crippen LogP contribution in [0.25, 0.3) is 0 Å². The first-order valence-electron chi connectivity index (χ1n) is 3.88. The van der Waals surface area contributed by atoms with E-state index < -0.39 is 0 Å². The van der Waals surface area contributed by atoms with E-state index in [1.807, 2.05) is 37.3 Å². The van der Waals surface area contributed by atoms with Gasteiger partial charge in [-0.3, -0.25) is 4.79 Å². The number of rotatable bonds is 3. The summed E-state index contributed by atoms with van der Waals surface area (Å²) < 4.78 is 0. The number of carbonyl (C=O) groups excluding carboxylic acids is 1. The van der Waals surface area contributed by atoms with Crippen LogP contribution >= 0.6 is 0 Å². The molecular weight excluding hydrogens is 152 g/mol. The molecule has 0 heterocycles. The Bertz CT molecular complexity index is 229. The molecule has 0 saturated carbocycles. The summed E-state index contributed by atoms with van der Waals surface area (Å²) in [6, 6.07) is 9.83. The largest absolute Gasteiger partial charge is 0.412 e. The molecule has 0 spiro atoms. The highest BCUT2D eigenvalue weighted by Gasteiger charge is 1.98. The van der Waals surface area contributed by atoms with E-state index in [0.717, 1.165) is 5.56 Å². The van der Waals surface area contributed by atoms with E-state index in [9.17, 15) is 4.79 Å². The van der Waals surface area contributed by atoms with E-state index in [-0.39, 0.29) is 5.48 Å². The zero-order chi connectivity index (χ0) is 8.10. The van der Waals surface area contributed by atoms with Crippen molar-refractivity contribution >= 4 is 5.78 Å². The summed E-state index contributed by atoms with van der Waals surface area (Å²) in [7, 11) is 0. The smallest absolute Gasteiger partial charge is 0.136 e. The first kappa shape index (κ1) is 10.8. The van der Waals surface area contributed by atoms with Crippen molar-refractivity contribution in [2.24, 2.45) is 0 Å². The fraction of sp³-hybridized carbons (Fsp3) is 0.300. The minimum atomic E-state index is 0. The first-order chi connectivity index (χ1) is 5.33. The van der Waals surface area contributed by atoms with Crippen molar-refractivity contribution in [1.82, 2.24) is 0 Å². The summed E-state index contributed by atoms with van der Waals surface area (Å²) in [5, 5.41) is 0. The van der Waals surface area contributed by atoms with Gasteiger partial charge in [-0.05, 0) is 5.56 Å². The van der Waals surface area contributed by atoms with E-state index >= 15 is 0 Å². The molecule has 0 atom stereocenters. The van der Waals surface area contributed by atoms with E-state index in [4.69, 9.17) is 0 Å². The highest BCUT2D eigenvalue weighted by Crippen LogP contribution is 2.00. The van der Waals surface area contributed by atoms with Gasteiger partial charge in [-0.2, -0.15) is 0 Å². The molecule has 1 rings (SSSR count). The molecule has 0 aliphatic rings. The Kier molecular flexibility index (Phi) is 4.97. The third-order valence-corrected chi connectivity index (χ3v) is 1.64. The zero-order valence-electron chi connectivity index (χ0n) is 7.21. The maximum Gasteiger partial charge on any atom is 0.136 e. The minimum absolute atomic E-state index is 0. The number of hydrogen-bond donors (Lipinski definition) is 0. The fourth-order valence-electron chi connectivity index (χ4n) is 0.949. The van der Waals surface area contributed by atoms with Crippen LogP contribution in [0.1, 0.15) is 18.9 Å². The second-order valence-corrected chi connectivity index (χ2v) is 2.55. The highest BCUT2D eigenvalue weighted by molar-refractivity contribution is 5.80. The summed E-state index contributed by atoms with van der Waals surface area (Å²) in [6.45, 7) is 1.89. The van der Waals surface area contributed by atoms with Gasteiger partial charge < -0.3 is 5.48 Å². The topological polar surface area (TPSA) is 48.6 Å². The third kappa shape index (κ3) is 3.30. The molecule has 2 heteroatoms. The Balaban J connectivity index is 0.00000121. The molecule has 2 nitrogen and oxygen atoms in total. The predicted molar refractivity (Wildman–Crippen MR) is 49.1 cm³/mol. The zero-order valence-corrected chi connectivity index (χ0v) is 7.21. The molecular formula is C10H14O2. The molecule has 0 aliphatic heterocycles. The fourth-order valence-corrected chi connectivity index (χ4v) is 0.949. The molecule has 0 radical (unpaired) electrons. The monoisotopic (exact) mass is 166 g/mol. The molecule has 0 bridgehead atoms. The van der Waals surface area contributed by atoms with Gasteiger partial charge in [0.1, 0.15) is 5.78 Å². The number of Topliss-reactive ketones (excluding diaryl/α,β-unsaturated/α-hetero) is 1. The normalized spacial score (nSPS) is 8.75. The second-order valence-electron chi connectivity index (χ2n) is 2.55. The van der Waals surface area contributed by atoms with Crippen LogP contribution < -0.4 is 0 Å². The van der Waals surface area contributed by atoms with E-state index in [2.05, 4.69) is 0 Å². The highest BCUT2D eigenvalue weighted by atomic mass is 16.1. The quantitative estimate of drug-likeness (QED) is 0.669. The maximum absolute atomic E-state index is 11.0. The van der Waals surface area contributed by atoms with Crippen LogP contribution in [0, 0.1) is 0 Å². The molecule has 0 amide bonds. The summed E-state index contributed by atoms with van der Waals surface area (Å²) in [5.74, 6) is 0.302. The molecule has 12 heavy (non-hydrogen) atoms. The van der Waals surface area contributed by atoms with Crippen molar-refractivity contribution in [3.8, 4) is 0 Å². The summed E-state index contributed by atoms with van der Waals surface area (Å²) >= 11 is 0. The standard InChI is InChI=1S/C10H12O.H2O/c1-2-10(11)8-9-6-4-3-5-7-9;/h3-7H,2,8H2,1H3;1H2. The van der Waals surface area contributed by atoms with Gasteiger partial charge in [0.2, 0.25) is 0 Å². The van der Waals surface area contributed by atoms with E-state index in [0.29, 0.717) is 18.6 Å². The molecule has 0 aromatic heterocycles. The number of carbonyl (C=O) groups is 1. The van der Waals surface area contributed by atoms with Gasteiger partial charge in [-0.1, -0.05) is 37.3 Å². The van der Waals surface area contributed by atoms with Gasteiger partial charge in [0, 0.05) is 12.8 Å². The summed E-state index contributed by atoms with van der Waals surface area (Å²) in [4.78, 5) is 11.0. The van der Waals surface area contributed by atoms with Crippen molar-refractivity contribution in [2.45, 2.75) is 19.8 Å². The Morgan fingerprint density at radius 1 is 1.25 bits per heavy atom. The predicted octanol–water partition coefficient (Wildman–Crippen LogP) is 1.38. The lowest BCUT2D eigenvalue weighted by atomic mass is 10.1. The lowest BCUT2D eigenvalue weighted by Gasteiger charge is -1.96. The van der Waals surface area contributed by atoms with Crippen molar-refractivity contribution in [3.63, 3.8) is 0 Å². The molecule has 0 fully saturated rings. The molecule has 2 N–H and O–H groups in total. The van der Waals surface area contributed by atoms with Gasteiger partial charge in [0.25, 0.3) is 0 Å². The Labute approximate surface area is 72.5 Å². The molecule has 1 aromatic rings. The summed E-state index contributed by atoms with van der Waals surface area (Å²) in [6.07, 6.45) is 1.21. The van der Waals surface area contributed by atoms with Gasteiger partial charge >= 0.3 is 0 Å². The van der Waals surface area contributed by atoms with Gasteiger partial charge in [0.15, 0.2) is 0 Å². The van der Waals surface area contributed by atoms with E-state index in [1.165, 1.54) is 0 Å². The van der Waals surface area contributed by atoms with Crippen molar-refractivity contribution in [3.05, 3.63) is 35.9 Å². The first-order valence-corrected chi connectivity index (χ1v) is 3.88. The Morgan fingerprint density at radius 3 is 2.33 bits per heavy atom. The van der Waals surface area contributed by atoms with Crippen LogP contribution in [-0.2, 0) is 11.2 Å². The molecule has 0 aliphatic carbocycles. The molecule has 66 valence electrons. The maximum atomic E-state index is 11.0. The third-order valence-electron chi connectivity index (χ3n) is 1.64. The van der Waals surface area contributed by atoms with Crippen LogP contribution in [-0.4, -0.2) is 11.3 Å². The van der Waals surface area contributed by atoms with Gasteiger partial charge in [0.05, 0.1) is 0 Å². The molecule has 0 unspecified atom stereocenters. The average molecular weight is 166 g/mol. The van der Waals surface area contributed by atoms with Crippen molar-refractivity contribution in [1.29, 1.82) is 0 Å². The Morgan fingerprint density at radius 2 is 1.83 bits per heavy atom. The van der Waals surface area contributed by atoms with Crippen LogP contribution in [0.3, 0.4) is 0 Å². The summed E-state index contributed by atoms with van der Waals surface area (Å²) in [5.41, 5.74) is 1.11. The SMILES string of the molecule is CCC(=O)Cc1ccccc1.O. The number of benzene rings is 1. The number of hydrogen-bond acceptors (Lipinski definition) is 1. The average Bonchev–Trinajstić information content (AvgIpc) is 2.06. The number of ketones is 1. The molecule has 1 aromatic carbocycles. The van der Waals surface area contributed by atoms with Crippen LogP contribution in [0.4, 0.5) is 0 Å².